The number of rotatable bonds is 6. The molecule has 1 saturated heterocycles. The van der Waals surface area contributed by atoms with E-state index < -0.39 is 11.9 Å². The number of halogens is 1. The molecule has 0 aromatic heterocycles. The molecular formula is C18H25ClN4O5. The predicted octanol–water partition coefficient (Wildman–Crippen LogP) is 1.24. The van der Waals surface area contributed by atoms with E-state index >= 15 is 0 Å². The number of hydrogen-bond acceptors (Lipinski definition) is 6. The van der Waals surface area contributed by atoms with Crippen molar-refractivity contribution in [3.63, 3.8) is 0 Å². The van der Waals surface area contributed by atoms with Crippen LogP contribution in [-0.2, 0) is 9.59 Å². The molecule has 4 amide bonds. The van der Waals surface area contributed by atoms with Crippen molar-refractivity contribution in [3.8, 4) is 11.5 Å². The van der Waals surface area contributed by atoms with Crippen LogP contribution in [0, 0.1) is 0 Å². The van der Waals surface area contributed by atoms with Crippen LogP contribution in [0.2, 0.25) is 5.02 Å². The van der Waals surface area contributed by atoms with E-state index in [1.807, 2.05) is 6.07 Å². The number of piperazine rings is 1. The molecule has 2 N–H and O–H groups in total. The van der Waals surface area contributed by atoms with E-state index in [1.165, 1.54) is 7.05 Å². The van der Waals surface area contributed by atoms with E-state index in [-0.39, 0.29) is 18.7 Å². The predicted molar refractivity (Wildman–Crippen MR) is 105 cm³/mol. The van der Waals surface area contributed by atoms with Gasteiger partial charge < -0.3 is 24.6 Å². The molecule has 0 radical (unpaired) electrons. The largest absolute Gasteiger partial charge is 0.495 e. The number of imide groups is 1. The molecule has 0 atom stereocenters. The van der Waals surface area contributed by atoms with Crippen molar-refractivity contribution in [1.29, 1.82) is 0 Å². The monoisotopic (exact) mass is 412 g/mol. The van der Waals surface area contributed by atoms with Gasteiger partial charge in [-0.2, -0.15) is 0 Å². The first kappa shape index (κ1) is 21.6. The van der Waals surface area contributed by atoms with Gasteiger partial charge >= 0.3 is 6.03 Å². The second-order valence-electron chi connectivity index (χ2n) is 6.15. The van der Waals surface area contributed by atoms with Gasteiger partial charge in [-0.25, -0.2) is 4.79 Å². The average Bonchev–Trinajstić information content (AvgIpc) is 2.71. The highest BCUT2D eigenvalue weighted by atomic mass is 35.5. The summed E-state index contributed by atoms with van der Waals surface area (Å²) < 4.78 is 10.7. The molecule has 0 aliphatic carbocycles. The zero-order valence-electron chi connectivity index (χ0n) is 16.2. The quantitative estimate of drug-likeness (QED) is 0.729. The lowest BCUT2D eigenvalue weighted by Crippen LogP contribution is -2.49. The van der Waals surface area contributed by atoms with Crippen LogP contribution in [0.5, 0.6) is 11.5 Å². The van der Waals surface area contributed by atoms with E-state index in [0.717, 1.165) is 5.69 Å². The first-order valence-corrected chi connectivity index (χ1v) is 9.23. The third-order valence-corrected chi connectivity index (χ3v) is 4.77. The molecule has 0 bridgehead atoms. The molecule has 1 aliphatic rings. The van der Waals surface area contributed by atoms with E-state index in [1.54, 1.807) is 25.2 Å². The number of carbonyl (C=O) groups excluding carboxylic acids is 3. The first-order chi connectivity index (χ1) is 13.4. The van der Waals surface area contributed by atoms with Crippen LogP contribution < -0.4 is 25.0 Å². The minimum atomic E-state index is -0.585. The molecule has 1 fully saturated rings. The van der Waals surface area contributed by atoms with Crippen molar-refractivity contribution < 1.29 is 23.9 Å². The number of hydrogen-bond donors (Lipinski definition) is 2. The molecule has 1 heterocycles. The number of amides is 4. The van der Waals surface area contributed by atoms with Crippen LogP contribution >= 0.6 is 11.6 Å². The topological polar surface area (TPSA) is 100 Å². The van der Waals surface area contributed by atoms with Crippen LogP contribution in [0.15, 0.2) is 12.1 Å². The van der Waals surface area contributed by atoms with Gasteiger partial charge in [0, 0.05) is 58.2 Å². The number of methoxy groups -OCH3 is 2. The van der Waals surface area contributed by atoms with Gasteiger partial charge in [-0.1, -0.05) is 11.6 Å². The van der Waals surface area contributed by atoms with E-state index in [0.29, 0.717) is 42.7 Å². The van der Waals surface area contributed by atoms with Crippen molar-refractivity contribution >= 4 is 35.1 Å². The van der Waals surface area contributed by atoms with Gasteiger partial charge in [-0.05, 0) is 0 Å². The Morgan fingerprint density at radius 1 is 1.04 bits per heavy atom. The van der Waals surface area contributed by atoms with Crippen molar-refractivity contribution in [1.82, 2.24) is 15.5 Å². The molecule has 0 saturated carbocycles. The van der Waals surface area contributed by atoms with Crippen LogP contribution in [0.25, 0.3) is 0 Å². The van der Waals surface area contributed by atoms with E-state index in [4.69, 9.17) is 21.1 Å². The Bertz CT molecular complexity index is 735. The Morgan fingerprint density at radius 3 is 2.25 bits per heavy atom. The molecule has 0 unspecified atom stereocenters. The van der Waals surface area contributed by atoms with E-state index in [2.05, 4.69) is 15.5 Å². The SMILES string of the molecule is CNC(=O)NC(=O)CCC(=O)N1CCN(c2cc(OC)c(Cl)cc2OC)CC1. The van der Waals surface area contributed by atoms with Crippen LogP contribution in [0.1, 0.15) is 12.8 Å². The molecule has 1 aromatic rings. The Balaban J connectivity index is 1.91. The zero-order valence-corrected chi connectivity index (χ0v) is 17.0. The molecule has 10 heteroatoms. The summed E-state index contributed by atoms with van der Waals surface area (Å²) in [4.78, 5) is 38.8. The summed E-state index contributed by atoms with van der Waals surface area (Å²) in [5, 5.41) is 4.89. The maximum absolute atomic E-state index is 12.3. The number of anilines is 1. The van der Waals surface area contributed by atoms with Gasteiger partial charge in [-0.15, -0.1) is 0 Å². The van der Waals surface area contributed by atoms with Crippen LogP contribution in [0.4, 0.5) is 10.5 Å². The molecule has 154 valence electrons. The molecule has 1 aromatic carbocycles. The number of nitrogens with zero attached hydrogens (tertiary/aromatic N) is 2. The first-order valence-electron chi connectivity index (χ1n) is 8.85. The maximum Gasteiger partial charge on any atom is 0.321 e. The number of carbonyl (C=O) groups is 3. The van der Waals surface area contributed by atoms with Gasteiger partial charge in [0.15, 0.2) is 0 Å². The number of nitrogens with one attached hydrogen (secondary N) is 2. The fourth-order valence-corrected chi connectivity index (χ4v) is 3.15. The van der Waals surface area contributed by atoms with Crippen LogP contribution in [-0.4, -0.2) is 70.2 Å². The van der Waals surface area contributed by atoms with Gasteiger partial charge in [0.05, 0.1) is 24.9 Å². The highest BCUT2D eigenvalue weighted by Gasteiger charge is 2.24. The Hall–Kier alpha value is -2.68. The summed E-state index contributed by atoms with van der Waals surface area (Å²) in [5.41, 5.74) is 0.848. The Labute approximate surface area is 168 Å². The second kappa shape index (κ2) is 10.0. The normalized spacial score (nSPS) is 13.7. The summed E-state index contributed by atoms with van der Waals surface area (Å²) in [6, 6.07) is 2.94. The average molecular weight is 413 g/mol. The maximum atomic E-state index is 12.3. The minimum absolute atomic E-state index is 0.0331. The lowest BCUT2D eigenvalue weighted by Gasteiger charge is -2.36. The van der Waals surface area contributed by atoms with Crippen molar-refractivity contribution in [2.24, 2.45) is 0 Å². The van der Waals surface area contributed by atoms with Crippen molar-refractivity contribution in [2.45, 2.75) is 12.8 Å². The summed E-state index contributed by atoms with van der Waals surface area (Å²) >= 11 is 6.15. The molecule has 28 heavy (non-hydrogen) atoms. The van der Waals surface area contributed by atoms with Crippen molar-refractivity contribution in [3.05, 3.63) is 17.2 Å². The zero-order chi connectivity index (χ0) is 20.7. The molecule has 0 spiro atoms. The summed E-state index contributed by atoms with van der Waals surface area (Å²) in [6.45, 7) is 2.25. The van der Waals surface area contributed by atoms with Gasteiger partial charge in [-0.3, -0.25) is 14.9 Å². The van der Waals surface area contributed by atoms with Gasteiger partial charge in [0.2, 0.25) is 11.8 Å². The lowest BCUT2D eigenvalue weighted by molar-refractivity contribution is -0.133. The molecule has 1 aliphatic heterocycles. The van der Waals surface area contributed by atoms with Gasteiger partial charge in [0.25, 0.3) is 0 Å². The Morgan fingerprint density at radius 2 is 1.68 bits per heavy atom. The summed E-state index contributed by atoms with van der Waals surface area (Å²) in [5.74, 6) is 0.589. The second-order valence-corrected chi connectivity index (χ2v) is 6.56. The standard InChI is InChI=1S/C18H25ClN4O5/c1-20-18(26)21-16(24)4-5-17(25)23-8-6-22(7-9-23)13-11-14(27-2)12(19)10-15(13)28-3/h10-11H,4-9H2,1-3H3,(H2,20,21,24,26). The highest BCUT2D eigenvalue weighted by molar-refractivity contribution is 6.32. The summed E-state index contributed by atoms with van der Waals surface area (Å²) in [6.07, 6.45) is 0.0234. The Kier molecular flexibility index (Phi) is 7.74. The minimum Gasteiger partial charge on any atom is -0.495 e. The van der Waals surface area contributed by atoms with E-state index in [9.17, 15) is 14.4 Å². The number of urea groups is 1. The lowest BCUT2D eigenvalue weighted by atomic mass is 10.2. The van der Waals surface area contributed by atoms with Crippen LogP contribution in [0.3, 0.4) is 0 Å². The number of ether oxygens (including phenoxy) is 2. The highest BCUT2D eigenvalue weighted by Crippen LogP contribution is 2.38. The van der Waals surface area contributed by atoms with Crippen molar-refractivity contribution in [2.75, 3.05) is 52.3 Å². The molecular weight excluding hydrogens is 388 g/mol. The van der Waals surface area contributed by atoms with Gasteiger partial charge in [0.1, 0.15) is 11.5 Å². The third-order valence-electron chi connectivity index (χ3n) is 4.47. The third kappa shape index (κ3) is 5.41. The molecule has 9 nitrogen and oxygen atoms in total. The summed E-state index contributed by atoms with van der Waals surface area (Å²) in [7, 11) is 4.54. The molecule has 2 rings (SSSR count). The fourth-order valence-electron chi connectivity index (χ4n) is 2.92. The number of benzene rings is 1. The smallest absolute Gasteiger partial charge is 0.321 e. The fraction of sp³-hybridized carbons (Fsp3) is 0.500.